The third-order valence-electron chi connectivity index (χ3n) is 3.82. The van der Waals surface area contributed by atoms with Crippen molar-refractivity contribution in [1.82, 2.24) is 5.32 Å². The van der Waals surface area contributed by atoms with Gasteiger partial charge >= 0.3 is 5.97 Å². The van der Waals surface area contributed by atoms with Crippen molar-refractivity contribution in [2.45, 2.75) is 58.5 Å². The van der Waals surface area contributed by atoms with Crippen molar-refractivity contribution in [1.29, 1.82) is 0 Å². The van der Waals surface area contributed by atoms with Crippen LogP contribution in [0.1, 0.15) is 49.3 Å². The van der Waals surface area contributed by atoms with Gasteiger partial charge in [-0.25, -0.2) is 0 Å². The van der Waals surface area contributed by atoms with Gasteiger partial charge in [-0.3, -0.25) is 4.79 Å². The summed E-state index contributed by atoms with van der Waals surface area (Å²) in [5, 5.41) is 3.54. The maximum absolute atomic E-state index is 11.4. The molecule has 0 spiro atoms. The van der Waals surface area contributed by atoms with Crippen LogP contribution in [0.5, 0.6) is 0 Å². The van der Waals surface area contributed by atoms with E-state index in [4.69, 9.17) is 4.74 Å². The summed E-state index contributed by atoms with van der Waals surface area (Å²) in [5.74, 6) is -0.0965. The second-order valence-electron chi connectivity index (χ2n) is 5.68. The molecule has 116 valence electrons. The lowest BCUT2D eigenvalue weighted by Crippen LogP contribution is -2.15. The fourth-order valence-electron chi connectivity index (χ4n) is 2.37. The van der Waals surface area contributed by atoms with Gasteiger partial charge in [-0.2, -0.15) is 0 Å². The molecule has 1 N–H and O–H groups in total. The van der Waals surface area contributed by atoms with Crippen LogP contribution < -0.4 is 5.32 Å². The van der Waals surface area contributed by atoms with Gasteiger partial charge < -0.3 is 10.1 Å². The van der Waals surface area contributed by atoms with E-state index in [1.165, 1.54) is 29.5 Å². The first-order chi connectivity index (χ1) is 10.1. The van der Waals surface area contributed by atoms with E-state index < -0.39 is 0 Å². The normalized spacial score (nSPS) is 14.2. The topological polar surface area (TPSA) is 38.3 Å². The Morgan fingerprint density at radius 1 is 1.43 bits per heavy atom. The smallest absolute Gasteiger partial charge is 0.305 e. The molecule has 21 heavy (non-hydrogen) atoms. The number of halogens is 1. The van der Waals surface area contributed by atoms with Gasteiger partial charge in [0.1, 0.15) is 0 Å². The van der Waals surface area contributed by atoms with Gasteiger partial charge in [-0.1, -0.05) is 22.0 Å². The average Bonchev–Trinajstić information content (AvgIpc) is 3.26. The number of esters is 1. The first-order valence-electron chi connectivity index (χ1n) is 7.77. The number of aryl methyl sites for hydroxylation is 1. The van der Waals surface area contributed by atoms with Gasteiger partial charge in [-0.05, 0) is 62.3 Å². The van der Waals surface area contributed by atoms with Gasteiger partial charge in [0.25, 0.3) is 0 Å². The highest BCUT2D eigenvalue weighted by Gasteiger charge is 2.20. The second kappa shape index (κ2) is 7.95. The third kappa shape index (κ3) is 5.44. The van der Waals surface area contributed by atoms with Crippen LogP contribution in [0.3, 0.4) is 0 Å². The number of benzene rings is 1. The molecule has 0 aromatic heterocycles. The SMILES string of the molecule is CCOC(=O)CCCc1cc(CNC2CC2)cc(Br)c1C. The predicted molar refractivity (Wildman–Crippen MR) is 88.3 cm³/mol. The standard InChI is InChI=1S/C17H24BrNO2/c1-3-21-17(20)6-4-5-14-9-13(10-16(18)12(14)2)11-19-15-7-8-15/h9-10,15,19H,3-8,11H2,1-2H3. The summed E-state index contributed by atoms with van der Waals surface area (Å²) in [6.07, 6.45) is 4.86. The molecule has 2 rings (SSSR count). The summed E-state index contributed by atoms with van der Waals surface area (Å²) in [4.78, 5) is 11.4. The van der Waals surface area contributed by atoms with E-state index in [2.05, 4.69) is 40.3 Å². The zero-order valence-corrected chi connectivity index (χ0v) is 14.5. The zero-order valence-electron chi connectivity index (χ0n) is 12.9. The molecule has 1 aliphatic carbocycles. The van der Waals surface area contributed by atoms with Crippen molar-refractivity contribution < 1.29 is 9.53 Å². The van der Waals surface area contributed by atoms with Crippen LogP contribution in [0.15, 0.2) is 16.6 Å². The Morgan fingerprint density at radius 2 is 2.19 bits per heavy atom. The lowest BCUT2D eigenvalue weighted by Gasteiger charge is -2.12. The fourth-order valence-corrected chi connectivity index (χ4v) is 2.91. The molecule has 0 unspecified atom stereocenters. The van der Waals surface area contributed by atoms with E-state index in [1.807, 2.05) is 6.92 Å². The quantitative estimate of drug-likeness (QED) is 0.720. The van der Waals surface area contributed by atoms with Gasteiger partial charge in [0, 0.05) is 23.5 Å². The Morgan fingerprint density at radius 3 is 2.86 bits per heavy atom. The van der Waals surface area contributed by atoms with Crippen molar-refractivity contribution >= 4 is 21.9 Å². The molecule has 0 radical (unpaired) electrons. The Kier molecular flexibility index (Phi) is 6.24. The van der Waals surface area contributed by atoms with Crippen LogP contribution >= 0.6 is 15.9 Å². The molecule has 1 fully saturated rings. The van der Waals surface area contributed by atoms with Crippen LogP contribution in [0, 0.1) is 6.92 Å². The Hall–Kier alpha value is -0.870. The Bertz CT molecular complexity index is 498. The van der Waals surface area contributed by atoms with Crippen LogP contribution in [-0.4, -0.2) is 18.6 Å². The Labute approximate surface area is 135 Å². The molecule has 3 nitrogen and oxygen atoms in total. The summed E-state index contributed by atoms with van der Waals surface area (Å²) in [5.41, 5.74) is 3.90. The van der Waals surface area contributed by atoms with Crippen molar-refractivity contribution in [3.8, 4) is 0 Å². The minimum absolute atomic E-state index is 0.0965. The molecule has 1 saturated carbocycles. The molecule has 4 heteroatoms. The van der Waals surface area contributed by atoms with E-state index >= 15 is 0 Å². The number of carbonyl (C=O) groups is 1. The number of hydrogen-bond donors (Lipinski definition) is 1. The predicted octanol–water partition coefficient (Wildman–Crippen LogP) is 3.90. The summed E-state index contributed by atoms with van der Waals surface area (Å²) in [7, 11) is 0. The molecule has 1 aromatic carbocycles. The minimum Gasteiger partial charge on any atom is -0.466 e. The van der Waals surface area contributed by atoms with E-state index in [-0.39, 0.29) is 5.97 Å². The van der Waals surface area contributed by atoms with Crippen LogP contribution in [-0.2, 0) is 22.5 Å². The van der Waals surface area contributed by atoms with Gasteiger partial charge in [0.2, 0.25) is 0 Å². The van der Waals surface area contributed by atoms with E-state index in [0.717, 1.165) is 29.9 Å². The molecule has 1 aliphatic rings. The number of hydrogen-bond acceptors (Lipinski definition) is 3. The number of rotatable bonds is 8. The lowest BCUT2D eigenvalue weighted by molar-refractivity contribution is -0.143. The number of nitrogens with one attached hydrogen (secondary N) is 1. The van der Waals surface area contributed by atoms with E-state index in [1.54, 1.807) is 0 Å². The van der Waals surface area contributed by atoms with Crippen LogP contribution in [0.4, 0.5) is 0 Å². The molecular weight excluding hydrogens is 330 g/mol. The largest absolute Gasteiger partial charge is 0.466 e. The lowest BCUT2D eigenvalue weighted by atomic mass is 10.00. The molecule has 0 bridgehead atoms. The monoisotopic (exact) mass is 353 g/mol. The first kappa shape index (κ1) is 16.5. The first-order valence-corrected chi connectivity index (χ1v) is 8.56. The maximum Gasteiger partial charge on any atom is 0.305 e. The van der Waals surface area contributed by atoms with Crippen molar-refractivity contribution in [3.63, 3.8) is 0 Å². The highest BCUT2D eigenvalue weighted by Crippen LogP contribution is 2.25. The molecule has 1 aromatic rings. The number of ether oxygens (including phenoxy) is 1. The summed E-state index contributed by atoms with van der Waals surface area (Å²) in [6.45, 7) is 5.36. The van der Waals surface area contributed by atoms with Gasteiger partial charge in [0.05, 0.1) is 6.61 Å². The van der Waals surface area contributed by atoms with Crippen molar-refractivity contribution in [3.05, 3.63) is 33.3 Å². The highest BCUT2D eigenvalue weighted by molar-refractivity contribution is 9.10. The molecule has 0 saturated heterocycles. The molecule has 0 aliphatic heterocycles. The molecule has 0 atom stereocenters. The second-order valence-corrected chi connectivity index (χ2v) is 6.53. The zero-order chi connectivity index (χ0) is 15.2. The van der Waals surface area contributed by atoms with E-state index in [0.29, 0.717) is 13.0 Å². The maximum atomic E-state index is 11.4. The summed E-state index contributed by atoms with van der Waals surface area (Å²) < 4.78 is 6.13. The molecule has 0 amide bonds. The van der Waals surface area contributed by atoms with Gasteiger partial charge in [-0.15, -0.1) is 0 Å². The van der Waals surface area contributed by atoms with Crippen molar-refractivity contribution in [2.75, 3.05) is 6.61 Å². The fraction of sp³-hybridized carbons (Fsp3) is 0.588. The van der Waals surface area contributed by atoms with Crippen LogP contribution in [0.2, 0.25) is 0 Å². The Balaban J connectivity index is 1.91. The van der Waals surface area contributed by atoms with Gasteiger partial charge in [0.15, 0.2) is 0 Å². The van der Waals surface area contributed by atoms with Crippen LogP contribution in [0.25, 0.3) is 0 Å². The van der Waals surface area contributed by atoms with Crippen molar-refractivity contribution in [2.24, 2.45) is 0 Å². The highest BCUT2D eigenvalue weighted by atomic mass is 79.9. The third-order valence-corrected chi connectivity index (χ3v) is 4.64. The minimum atomic E-state index is -0.0965. The molecular formula is C17H24BrNO2. The summed E-state index contributed by atoms with van der Waals surface area (Å²) >= 11 is 3.65. The average molecular weight is 354 g/mol. The van der Waals surface area contributed by atoms with E-state index in [9.17, 15) is 4.79 Å². The molecule has 0 heterocycles. The number of carbonyl (C=O) groups excluding carboxylic acids is 1. The summed E-state index contributed by atoms with van der Waals surface area (Å²) in [6, 6.07) is 5.18.